The first-order valence-corrected chi connectivity index (χ1v) is 8.88. The van der Waals surface area contributed by atoms with Crippen molar-refractivity contribution in [2.24, 2.45) is 5.92 Å². The molecule has 0 saturated heterocycles. The molecule has 1 aliphatic rings. The van der Waals surface area contributed by atoms with Gasteiger partial charge in [-0.3, -0.25) is 4.79 Å². The number of carbonyl (C=O) groups is 1. The molecule has 0 spiro atoms. The highest BCUT2D eigenvalue weighted by Gasteiger charge is 2.33. The van der Waals surface area contributed by atoms with Crippen molar-refractivity contribution < 1.29 is 9.53 Å². The molecule has 0 radical (unpaired) electrons. The van der Waals surface area contributed by atoms with E-state index in [1.165, 1.54) is 0 Å². The van der Waals surface area contributed by atoms with Crippen LogP contribution in [0, 0.1) is 12.8 Å². The molecule has 0 bridgehead atoms. The lowest BCUT2D eigenvalue weighted by molar-refractivity contribution is -0.120. The van der Waals surface area contributed by atoms with Crippen molar-refractivity contribution in [3.8, 4) is 5.75 Å². The molecular formula is C20H23ClN2O2. The Morgan fingerprint density at radius 3 is 2.56 bits per heavy atom. The van der Waals surface area contributed by atoms with Crippen LogP contribution in [0.3, 0.4) is 0 Å². The Hall–Kier alpha value is -2.20. The Balaban J connectivity index is 1.61. The van der Waals surface area contributed by atoms with E-state index in [1.54, 1.807) is 7.11 Å². The van der Waals surface area contributed by atoms with E-state index in [2.05, 4.69) is 10.6 Å². The fourth-order valence-corrected chi connectivity index (χ4v) is 3.18. The van der Waals surface area contributed by atoms with Gasteiger partial charge >= 0.3 is 0 Å². The monoisotopic (exact) mass is 358 g/mol. The van der Waals surface area contributed by atoms with Crippen molar-refractivity contribution in [2.45, 2.75) is 25.8 Å². The van der Waals surface area contributed by atoms with Gasteiger partial charge in [0.1, 0.15) is 5.75 Å². The molecule has 2 N–H and O–H groups in total. The average molecular weight is 359 g/mol. The van der Waals surface area contributed by atoms with E-state index < -0.39 is 0 Å². The highest BCUT2D eigenvalue weighted by molar-refractivity contribution is 6.33. The number of methoxy groups -OCH3 is 1. The van der Waals surface area contributed by atoms with Crippen molar-refractivity contribution in [3.05, 3.63) is 58.6 Å². The first-order chi connectivity index (χ1) is 12.1. The topological polar surface area (TPSA) is 50.4 Å². The molecule has 5 heteroatoms. The number of hydrogen-bond donors (Lipinski definition) is 2. The molecule has 2 aromatic rings. The molecule has 132 valence electrons. The average Bonchev–Trinajstić information content (AvgIpc) is 3.44. The van der Waals surface area contributed by atoms with E-state index in [1.807, 2.05) is 49.4 Å². The first kappa shape index (κ1) is 17.6. The van der Waals surface area contributed by atoms with Crippen LogP contribution in [-0.2, 0) is 4.79 Å². The fourth-order valence-electron chi connectivity index (χ4n) is 2.88. The Kier molecular flexibility index (Phi) is 5.49. The molecule has 3 rings (SSSR count). The number of aryl methyl sites for hydroxylation is 1. The normalized spacial score (nSPS) is 14.7. The lowest BCUT2D eigenvalue weighted by Gasteiger charge is -2.19. The quantitative estimate of drug-likeness (QED) is 0.774. The maximum Gasteiger partial charge on any atom is 0.239 e. The van der Waals surface area contributed by atoms with Gasteiger partial charge in [-0.1, -0.05) is 29.8 Å². The maximum atomic E-state index is 12.4. The minimum atomic E-state index is -0.0376. The summed E-state index contributed by atoms with van der Waals surface area (Å²) in [5.41, 5.74) is 2.98. The number of amides is 1. The van der Waals surface area contributed by atoms with Crippen LogP contribution in [0.25, 0.3) is 0 Å². The predicted molar refractivity (Wildman–Crippen MR) is 101 cm³/mol. The number of anilines is 1. The standard InChI is InChI=1S/C20H23ClN2O2/c1-13-3-10-18(17(21)11-13)22-12-19(24)23-20(14-4-5-14)15-6-8-16(25-2)9-7-15/h3,6-11,14,20,22H,4-5,12H2,1-2H3,(H,23,24). The summed E-state index contributed by atoms with van der Waals surface area (Å²) in [6.45, 7) is 2.18. The van der Waals surface area contributed by atoms with E-state index in [4.69, 9.17) is 16.3 Å². The van der Waals surface area contributed by atoms with Crippen molar-refractivity contribution in [1.82, 2.24) is 5.32 Å². The molecule has 0 aliphatic heterocycles. The van der Waals surface area contributed by atoms with E-state index in [0.717, 1.165) is 35.4 Å². The van der Waals surface area contributed by atoms with Crippen LogP contribution in [0.4, 0.5) is 5.69 Å². The smallest absolute Gasteiger partial charge is 0.239 e. The molecule has 1 aliphatic carbocycles. The van der Waals surface area contributed by atoms with Crippen LogP contribution >= 0.6 is 11.6 Å². The Bertz CT molecular complexity index is 742. The summed E-state index contributed by atoms with van der Waals surface area (Å²) in [7, 11) is 1.65. The van der Waals surface area contributed by atoms with Gasteiger partial charge in [0.05, 0.1) is 30.4 Å². The van der Waals surface area contributed by atoms with E-state index in [-0.39, 0.29) is 18.5 Å². The van der Waals surface area contributed by atoms with Gasteiger partial charge in [0.15, 0.2) is 0 Å². The second-order valence-electron chi connectivity index (χ2n) is 6.49. The van der Waals surface area contributed by atoms with Crippen molar-refractivity contribution in [3.63, 3.8) is 0 Å². The molecule has 1 fully saturated rings. The third-order valence-electron chi connectivity index (χ3n) is 4.45. The first-order valence-electron chi connectivity index (χ1n) is 8.50. The van der Waals surface area contributed by atoms with Gasteiger partial charge in [0, 0.05) is 0 Å². The molecule has 1 atom stereocenters. The van der Waals surface area contributed by atoms with Crippen LogP contribution in [0.15, 0.2) is 42.5 Å². The van der Waals surface area contributed by atoms with E-state index >= 15 is 0 Å². The van der Waals surface area contributed by atoms with Crippen molar-refractivity contribution in [1.29, 1.82) is 0 Å². The summed E-state index contributed by atoms with van der Waals surface area (Å²) < 4.78 is 5.20. The summed E-state index contributed by atoms with van der Waals surface area (Å²) in [5, 5.41) is 6.89. The number of ether oxygens (including phenoxy) is 1. The molecule has 0 aromatic heterocycles. The van der Waals surface area contributed by atoms with Crippen LogP contribution in [0.1, 0.15) is 30.0 Å². The lowest BCUT2D eigenvalue weighted by Crippen LogP contribution is -2.34. The number of carbonyl (C=O) groups excluding carboxylic acids is 1. The molecular weight excluding hydrogens is 336 g/mol. The van der Waals surface area contributed by atoms with Gasteiger partial charge in [0.25, 0.3) is 0 Å². The molecule has 4 nitrogen and oxygen atoms in total. The number of nitrogens with one attached hydrogen (secondary N) is 2. The van der Waals surface area contributed by atoms with Gasteiger partial charge < -0.3 is 15.4 Å². The van der Waals surface area contributed by atoms with Gasteiger partial charge in [-0.05, 0) is 61.1 Å². The Morgan fingerprint density at radius 2 is 1.96 bits per heavy atom. The van der Waals surface area contributed by atoms with Crippen molar-refractivity contribution in [2.75, 3.05) is 19.0 Å². The van der Waals surface area contributed by atoms with Crippen LogP contribution in [0.2, 0.25) is 5.02 Å². The summed E-state index contributed by atoms with van der Waals surface area (Å²) in [6.07, 6.45) is 2.29. The molecule has 1 amide bonds. The van der Waals surface area contributed by atoms with Gasteiger partial charge in [0.2, 0.25) is 5.91 Å². The lowest BCUT2D eigenvalue weighted by atomic mass is 10.0. The summed E-state index contributed by atoms with van der Waals surface area (Å²) >= 11 is 6.20. The molecule has 1 saturated carbocycles. The Morgan fingerprint density at radius 1 is 1.24 bits per heavy atom. The zero-order valence-corrected chi connectivity index (χ0v) is 15.3. The highest BCUT2D eigenvalue weighted by Crippen LogP contribution is 2.41. The zero-order valence-electron chi connectivity index (χ0n) is 14.5. The van der Waals surface area contributed by atoms with E-state index in [9.17, 15) is 4.79 Å². The SMILES string of the molecule is COc1ccc(C(NC(=O)CNc2ccc(C)cc2Cl)C2CC2)cc1. The molecule has 2 aromatic carbocycles. The highest BCUT2D eigenvalue weighted by atomic mass is 35.5. The van der Waals surface area contributed by atoms with E-state index in [0.29, 0.717) is 10.9 Å². The van der Waals surface area contributed by atoms with Crippen LogP contribution in [-0.4, -0.2) is 19.6 Å². The van der Waals surface area contributed by atoms with Gasteiger partial charge in [-0.25, -0.2) is 0 Å². The number of hydrogen-bond acceptors (Lipinski definition) is 3. The molecule has 0 heterocycles. The minimum Gasteiger partial charge on any atom is -0.497 e. The minimum absolute atomic E-state index is 0.0376. The molecule has 1 unspecified atom stereocenters. The third-order valence-corrected chi connectivity index (χ3v) is 4.76. The number of rotatable bonds is 7. The zero-order chi connectivity index (χ0) is 17.8. The Labute approximate surface area is 153 Å². The second kappa shape index (κ2) is 7.79. The van der Waals surface area contributed by atoms with Crippen LogP contribution in [0.5, 0.6) is 5.75 Å². The van der Waals surface area contributed by atoms with Crippen LogP contribution < -0.4 is 15.4 Å². The van der Waals surface area contributed by atoms with Gasteiger partial charge in [-0.15, -0.1) is 0 Å². The molecule has 25 heavy (non-hydrogen) atoms. The van der Waals surface area contributed by atoms with Crippen molar-refractivity contribution >= 4 is 23.2 Å². The summed E-state index contributed by atoms with van der Waals surface area (Å²) in [5.74, 6) is 1.30. The predicted octanol–water partition coefficient (Wildman–Crippen LogP) is 4.34. The second-order valence-corrected chi connectivity index (χ2v) is 6.90. The third kappa shape index (κ3) is 4.67. The fraction of sp³-hybridized carbons (Fsp3) is 0.350. The largest absolute Gasteiger partial charge is 0.497 e. The summed E-state index contributed by atoms with van der Waals surface area (Å²) in [6, 6.07) is 13.7. The maximum absolute atomic E-state index is 12.4. The number of benzene rings is 2. The number of halogens is 1. The van der Waals surface area contributed by atoms with Gasteiger partial charge in [-0.2, -0.15) is 0 Å². The summed E-state index contributed by atoms with van der Waals surface area (Å²) in [4.78, 5) is 12.4.